The van der Waals surface area contributed by atoms with Gasteiger partial charge in [0.2, 0.25) is 0 Å². The Bertz CT molecular complexity index is 1480. The van der Waals surface area contributed by atoms with Crippen molar-refractivity contribution in [1.82, 2.24) is 4.98 Å². The monoisotopic (exact) mass is 523 g/mol. The first-order valence-electron chi connectivity index (χ1n) is 11.5. The lowest BCUT2D eigenvalue weighted by molar-refractivity contribution is 0.1000. The first-order valence-corrected chi connectivity index (χ1v) is 13.0. The molecule has 4 aromatic rings. The summed E-state index contributed by atoms with van der Waals surface area (Å²) in [6.07, 6.45) is 3.83. The molecule has 8 heteroatoms. The zero-order valence-corrected chi connectivity index (χ0v) is 21.4. The van der Waals surface area contributed by atoms with Crippen molar-refractivity contribution in [2.45, 2.75) is 32.6 Å². The molecule has 0 spiro atoms. The Balaban J connectivity index is 1.57. The molecule has 5 rings (SSSR count). The minimum Gasteiger partial charge on any atom is -0.365 e. The number of amides is 2. The molecule has 178 valence electrons. The number of aromatic nitrogens is 1. The Morgan fingerprint density at radius 2 is 1.94 bits per heavy atom. The lowest BCUT2D eigenvalue weighted by atomic mass is 9.85. The van der Waals surface area contributed by atoms with E-state index in [9.17, 15) is 9.59 Å². The van der Waals surface area contributed by atoms with Crippen molar-refractivity contribution in [2.75, 3.05) is 5.32 Å². The van der Waals surface area contributed by atoms with Crippen LogP contribution in [0, 0.1) is 5.92 Å². The van der Waals surface area contributed by atoms with Crippen molar-refractivity contribution >= 4 is 62.3 Å². The zero-order valence-electron chi connectivity index (χ0n) is 19.0. The van der Waals surface area contributed by atoms with E-state index in [-0.39, 0.29) is 5.91 Å². The van der Waals surface area contributed by atoms with Crippen molar-refractivity contribution in [2.24, 2.45) is 11.7 Å². The number of nitrogens with two attached hydrogens (primary N) is 1. The highest BCUT2D eigenvalue weighted by molar-refractivity contribution is 7.17. The molecule has 2 amide bonds. The molecule has 35 heavy (non-hydrogen) atoms. The van der Waals surface area contributed by atoms with Gasteiger partial charge in [-0.1, -0.05) is 60.8 Å². The number of carbonyl (C=O) groups is 2. The highest BCUT2D eigenvalue weighted by atomic mass is 35.5. The number of nitrogens with zero attached hydrogens (tertiary/aromatic N) is 1. The number of primary amides is 1. The average molecular weight is 524 g/mol. The molecule has 2 aromatic heterocycles. The van der Waals surface area contributed by atoms with Crippen LogP contribution in [0.4, 0.5) is 5.00 Å². The minimum atomic E-state index is -0.510. The van der Waals surface area contributed by atoms with Gasteiger partial charge >= 0.3 is 0 Å². The smallest absolute Gasteiger partial charge is 0.257 e. The van der Waals surface area contributed by atoms with Crippen LogP contribution in [0.15, 0.2) is 48.5 Å². The number of anilines is 1. The van der Waals surface area contributed by atoms with Crippen LogP contribution in [-0.4, -0.2) is 16.8 Å². The molecule has 1 aliphatic rings. The molecule has 0 fully saturated rings. The summed E-state index contributed by atoms with van der Waals surface area (Å²) in [5.74, 6) is -0.245. The van der Waals surface area contributed by atoms with Gasteiger partial charge < -0.3 is 11.1 Å². The van der Waals surface area contributed by atoms with Crippen molar-refractivity contribution in [3.8, 4) is 11.3 Å². The van der Waals surface area contributed by atoms with Crippen molar-refractivity contribution in [1.29, 1.82) is 0 Å². The Morgan fingerprint density at radius 3 is 2.69 bits per heavy atom. The van der Waals surface area contributed by atoms with Gasteiger partial charge in [0, 0.05) is 15.8 Å². The van der Waals surface area contributed by atoms with E-state index in [0.29, 0.717) is 48.7 Å². The van der Waals surface area contributed by atoms with Crippen molar-refractivity contribution in [3.63, 3.8) is 0 Å². The van der Waals surface area contributed by atoms with E-state index in [4.69, 9.17) is 33.9 Å². The summed E-state index contributed by atoms with van der Waals surface area (Å²) in [5.41, 5.74) is 9.65. The van der Waals surface area contributed by atoms with Gasteiger partial charge in [0.05, 0.1) is 32.4 Å². The second kappa shape index (κ2) is 9.61. The molecule has 5 nitrogen and oxygen atoms in total. The third-order valence-electron chi connectivity index (χ3n) is 6.59. The molecule has 0 aliphatic heterocycles. The van der Waals surface area contributed by atoms with Gasteiger partial charge in [-0.2, -0.15) is 0 Å². The number of nitrogens with one attached hydrogen (secondary N) is 1. The van der Waals surface area contributed by atoms with Gasteiger partial charge in [-0.25, -0.2) is 4.98 Å². The molecule has 0 unspecified atom stereocenters. The number of hydrogen-bond donors (Lipinski definition) is 2. The van der Waals surface area contributed by atoms with E-state index < -0.39 is 5.91 Å². The second-order valence-electron chi connectivity index (χ2n) is 8.74. The minimum absolute atomic E-state index is 0.321. The molecule has 0 bridgehead atoms. The van der Waals surface area contributed by atoms with Gasteiger partial charge in [0.25, 0.3) is 11.8 Å². The van der Waals surface area contributed by atoms with Gasteiger partial charge in [-0.3, -0.25) is 9.59 Å². The Labute approximate surface area is 217 Å². The molecular formula is C27H23Cl2N3O2S. The molecule has 2 aromatic carbocycles. The summed E-state index contributed by atoms with van der Waals surface area (Å²) in [6, 6.07) is 14.4. The maximum Gasteiger partial charge on any atom is 0.257 e. The molecule has 0 radical (unpaired) electrons. The highest BCUT2D eigenvalue weighted by Crippen LogP contribution is 2.40. The number of carbonyl (C=O) groups excluding carboxylic acids is 2. The van der Waals surface area contributed by atoms with Gasteiger partial charge in [0.15, 0.2) is 0 Å². The standard InChI is InChI=1S/C27H23Cl2N3O2S/c1-2-14-7-9-17-23(11-14)35-27(24(17)25(30)33)32-26(34)18-13-22(15-8-10-19(28)20(29)12-15)31-21-6-4-3-5-16(18)21/h3-6,8,10,12-14H,2,7,9,11H2,1H3,(H2,30,33)(H,32,34)/t14-/m1/s1. The number of benzene rings is 2. The summed E-state index contributed by atoms with van der Waals surface area (Å²) >= 11 is 13.8. The average Bonchev–Trinajstić information content (AvgIpc) is 3.22. The fraction of sp³-hybridized carbons (Fsp3) is 0.222. The molecule has 1 aliphatic carbocycles. The summed E-state index contributed by atoms with van der Waals surface area (Å²) in [4.78, 5) is 31.9. The number of pyridine rings is 1. The number of rotatable bonds is 5. The number of hydrogen-bond acceptors (Lipinski definition) is 4. The van der Waals surface area contributed by atoms with Crippen LogP contribution in [0.1, 0.15) is 50.9 Å². The number of halogens is 2. The van der Waals surface area contributed by atoms with E-state index >= 15 is 0 Å². The van der Waals surface area contributed by atoms with Gasteiger partial charge in [-0.05, 0) is 55.0 Å². The molecular weight excluding hydrogens is 501 g/mol. The van der Waals surface area contributed by atoms with Gasteiger partial charge in [-0.15, -0.1) is 11.3 Å². The molecule has 3 N–H and O–H groups in total. The summed E-state index contributed by atoms with van der Waals surface area (Å²) in [7, 11) is 0. The van der Waals surface area contributed by atoms with Crippen LogP contribution < -0.4 is 11.1 Å². The quantitative estimate of drug-likeness (QED) is 0.291. The predicted molar refractivity (Wildman–Crippen MR) is 144 cm³/mol. The van der Waals surface area contributed by atoms with Gasteiger partial charge in [0.1, 0.15) is 5.00 Å². The van der Waals surface area contributed by atoms with Crippen molar-refractivity contribution < 1.29 is 9.59 Å². The summed E-state index contributed by atoms with van der Waals surface area (Å²) < 4.78 is 0. The topological polar surface area (TPSA) is 85.1 Å². The largest absolute Gasteiger partial charge is 0.365 e. The summed E-state index contributed by atoms with van der Waals surface area (Å²) in [6.45, 7) is 2.18. The second-order valence-corrected chi connectivity index (χ2v) is 10.7. The Kier molecular flexibility index (Phi) is 6.53. The third-order valence-corrected chi connectivity index (χ3v) is 8.50. The fourth-order valence-corrected chi connectivity index (χ4v) is 6.35. The van der Waals surface area contributed by atoms with E-state index in [2.05, 4.69) is 12.2 Å². The third kappa shape index (κ3) is 4.54. The van der Waals surface area contributed by atoms with E-state index in [1.54, 1.807) is 18.2 Å². The highest BCUT2D eigenvalue weighted by Gasteiger charge is 2.28. The first kappa shape index (κ1) is 23.8. The number of fused-ring (bicyclic) bond motifs is 2. The fourth-order valence-electron chi connectivity index (χ4n) is 4.69. The lowest BCUT2D eigenvalue weighted by Gasteiger charge is -2.20. The normalized spacial score (nSPS) is 15.1. The summed E-state index contributed by atoms with van der Waals surface area (Å²) in [5, 5.41) is 5.07. The van der Waals surface area contributed by atoms with Crippen LogP contribution in [0.25, 0.3) is 22.2 Å². The van der Waals surface area contributed by atoms with Crippen molar-refractivity contribution in [3.05, 3.63) is 80.1 Å². The van der Waals surface area contributed by atoms with Crippen LogP contribution in [0.3, 0.4) is 0 Å². The predicted octanol–water partition coefficient (Wildman–Crippen LogP) is 7.14. The number of thiophene rings is 1. The maximum absolute atomic E-state index is 13.6. The van der Waals surface area contributed by atoms with E-state index in [0.717, 1.165) is 41.7 Å². The molecule has 0 saturated carbocycles. The van der Waals surface area contributed by atoms with E-state index in [1.165, 1.54) is 11.3 Å². The van der Waals surface area contributed by atoms with Crippen LogP contribution in [-0.2, 0) is 12.8 Å². The van der Waals surface area contributed by atoms with E-state index in [1.807, 2.05) is 30.3 Å². The first-order chi connectivity index (χ1) is 16.9. The number of para-hydroxylation sites is 1. The van der Waals surface area contributed by atoms with Crippen LogP contribution in [0.2, 0.25) is 10.0 Å². The zero-order chi connectivity index (χ0) is 24.7. The lowest BCUT2D eigenvalue weighted by Crippen LogP contribution is -2.20. The van der Waals surface area contributed by atoms with Crippen LogP contribution in [0.5, 0.6) is 0 Å². The molecule has 0 saturated heterocycles. The Hall–Kier alpha value is -2.93. The Morgan fingerprint density at radius 1 is 1.14 bits per heavy atom. The molecule has 2 heterocycles. The van der Waals surface area contributed by atoms with Crippen LogP contribution >= 0.6 is 34.5 Å². The SMILES string of the molecule is CC[C@@H]1CCc2c(sc(NC(=O)c3cc(-c4ccc(Cl)c(Cl)c4)nc4ccccc34)c2C(N)=O)C1. The maximum atomic E-state index is 13.6. The molecule has 1 atom stereocenters.